The van der Waals surface area contributed by atoms with Crippen molar-refractivity contribution in [2.75, 3.05) is 13.2 Å². The van der Waals surface area contributed by atoms with E-state index in [4.69, 9.17) is 9.47 Å². The molecule has 2 atom stereocenters. The third kappa shape index (κ3) is 4.06. The number of carbonyl (C=O) groups is 2. The number of amides is 1. The molecule has 26 heavy (non-hydrogen) atoms. The predicted molar refractivity (Wildman–Crippen MR) is 97.2 cm³/mol. The Morgan fingerprint density at radius 1 is 1.12 bits per heavy atom. The topological polar surface area (TPSA) is 68.7 Å². The summed E-state index contributed by atoms with van der Waals surface area (Å²) in [5.41, 5.74) is 1.88. The number of hydrogen-bond donors (Lipinski definition) is 0. The molecule has 6 nitrogen and oxygen atoms in total. The van der Waals surface area contributed by atoms with Crippen LogP contribution in [0, 0.1) is 19.8 Å². The monoisotopic (exact) mass is 360 g/mol. The number of fused-ring (bicyclic) bond motifs is 2. The van der Waals surface area contributed by atoms with Gasteiger partial charge in [-0.25, -0.2) is 4.79 Å². The van der Waals surface area contributed by atoms with Gasteiger partial charge in [-0.1, -0.05) is 0 Å². The minimum Gasteiger partial charge on any atom is -0.444 e. The van der Waals surface area contributed by atoms with E-state index in [9.17, 15) is 9.59 Å². The van der Waals surface area contributed by atoms with Gasteiger partial charge in [0.15, 0.2) is 5.78 Å². The highest BCUT2D eigenvalue weighted by molar-refractivity contribution is 5.98. The van der Waals surface area contributed by atoms with E-state index in [0.29, 0.717) is 31.6 Å². The Bertz CT molecular complexity index is 676. The van der Waals surface area contributed by atoms with Gasteiger partial charge < -0.3 is 9.47 Å². The number of carbonyl (C=O) groups excluding carboxylic acids is 2. The number of morpholine rings is 1. The van der Waals surface area contributed by atoms with Crippen molar-refractivity contribution in [3.05, 3.63) is 29.1 Å². The van der Waals surface area contributed by atoms with Gasteiger partial charge in [0.1, 0.15) is 5.60 Å². The van der Waals surface area contributed by atoms with Crippen molar-refractivity contribution in [3.8, 4) is 0 Å². The summed E-state index contributed by atoms with van der Waals surface area (Å²) in [5.74, 6) is 0.0353. The van der Waals surface area contributed by atoms with Crippen molar-refractivity contribution >= 4 is 11.9 Å². The van der Waals surface area contributed by atoms with Crippen molar-refractivity contribution in [2.24, 2.45) is 5.92 Å². The van der Waals surface area contributed by atoms with Crippen LogP contribution in [0.25, 0.3) is 0 Å². The lowest BCUT2D eigenvalue weighted by Gasteiger charge is -2.47. The summed E-state index contributed by atoms with van der Waals surface area (Å²) in [5, 5.41) is 0. The van der Waals surface area contributed by atoms with Gasteiger partial charge in [0.05, 0.1) is 25.3 Å². The van der Waals surface area contributed by atoms with Crippen molar-refractivity contribution in [1.82, 2.24) is 9.88 Å². The van der Waals surface area contributed by atoms with E-state index >= 15 is 0 Å². The molecule has 2 unspecified atom stereocenters. The Morgan fingerprint density at radius 2 is 1.65 bits per heavy atom. The predicted octanol–water partition coefficient (Wildman–Crippen LogP) is 3.30. The second-order valence-electron chi connectivity index (χ2n) is 8.40. The maximum Gasteiger partial charge on any atom is 0.410 e. The molecule has 0 aliphatic carbocycles. The molecule has 2 fully saturated rings. The Morgan fingerprint density at radius 3 is 2.15 bits per heavy atom. The minimum atomic E-state index is -0.537. The Hall–Kier alpha value is -1.95. The van der Waals surface area contributed by atoms with Crippen LogP contribution in [0.15, 0.2) is 12.1 Å². The number of rotatable bonds is 2. The van der Waals surface area contributed by atoms with E-state index in [1.807, 2.05) is 46.8 Å². The van der Waals surface area contributed by atoms with Crippen molar-refractivity contribution in [1.29, 1.82) is 0 Å². The number of Topliss-reactive ketones (excluding diaryl/α,β-unsaturated/α-hetero) is 1. The average molecular weight is 360 g/mol. The van der Waals surface area contributed by atoms with Crippen molar-refractivity contribution in [3.63, 3.8) is 0 Å². The first kappa shape index (κ1) is 18.8. The van der Waals surface area contributed by atoms with E-state index in [1.54, 1.807) is 4.90 Å². The summed E-state index contributed by atoms with van der Waals surface area (Å²) in [7, 11) is 0. The van der Waals surface area contributed by atoms with Crippen LogP contribution in [0.3, 0.4) is 0 Å². The summed E-state index contributed by atoms with van der Waals surface area (Å²) in [6, 6.07) is 3.47. The molecule has 0 radical (unpaired) electrons. The Balaban J connectivity index is 1.77. The number of pyridine rings is 1. The van der Waals surface area contributed by atoms with Gasteiger partial charge in [0.25, 0.3) is 0 Å². The Kier molecular flexibility index (Phi) is 5.06. The molecular formula is C20H28N2O4. The largest absolute Gasteiger partial charge is 0.444 e. The lowest BCUT2D eigenvalue weighted by Crippen LogP contribution is -2.60. The molecule has 142 valence electrons. The summed E-state index contributed by atoms with van der Waals surface area (Å²) in [6.07, 6.45) is 0.904. The standard InChI is InChI=1S/C20H28N2O4/c1-12-6-14(7-13(2)21-12)18(23)15-8-16-10-25-11-17(9-15)22(16)19(24)26-20(3,4)5/h6-7,15-17H,8-11H2,1-5H3. The molecule has 1 aromatic heterocycles. The smallest absolute Gasteiger partial charge is 0.410 e. The lowest BCUT2D eigenvalue weighted by atomic mass is 9.81. The first-order valence-electron chi connectivity index (χ1n) is 9.22. The third-order valence-electron chi connectivity index (χ3n) is 4.86. The molecule has 0 aromatic carbocycles. The summed E-state index contributed by atoms with van der Waals surface area (Å²) >= 11 is 0. The molecule has 2 aliphatic rings. The van der Waals surface area contributed by atoms with Crippen LogP contribution in [0.2, 0.25) is 0 Å². The van der Waals surface area contributed by atoms with Crippen LogP contribution in [-0.4, -0.2) is 52.7 Å². The normalized spacial score (nSPS) is 25.7. The van der Waals surface area contributed by atoms with E-state index in [0.717, 1.165) is 11.4 Å². The maximum atomic E-state index is 13.0. The highest BCUT2D eigenvalue weighted by Crippen LogP contribution is 2.34. The highest BCUT2D eigenvalue weighted by Gasteiger charge is 2.45. The fraction of sp³-hybridized carbons (Fsp3) is 0.650. The van der Waals surface area contributed by atoms with Gasteiger partial charge in [-0.15, -0.1) is 0 Å². The van der Waals surface area contributed by atoms with E-state index in [2.05, 4.69) is 4.98 Å². The SMILES string of the molecule is Cc1cc(C(=O)C2CC3COCC(C2)N3C(=O)OC(C)(C)C)cc(C)n1. The van der Waals surface area contributed by atoms with E-state index in [-0.39, 0.29) is 29.9 Å². The molecule has 3 rings (SSSR count). The van der Waals surface area contributed by atoms with Gasteiger partial charge in [-0.05, 0) is 59.6 Å². The molecular weight excluding hydrogens is 332 g/mol. The second kappa shape index (κ2) is 6.99. The zero-order valence-corrected chi connectivity index (χ0v) is 16.2. The molecule has 2 bridgehead atoms. The van der Waals surface area contributed by atoms with Gasteiger partial charge >= 0.3 is 6.09 Å². The van der Waals surface area contributed by atoms with E-state index in [1.165, 1.54) is 0 Å². The molecule has 1 aromatic rings. The van der Waals surface area contributed by atoms with Crippen LogP contribution in [-0.2, 0) is 9.47 Å². The molecule has 3 heterocycles. The first-order valence-corrected chi connectivity index (χ1v) is 9.22. The first-order chi connectivity index (χ1) is 12.1. The number of piperidine rings is 1. The molecule has 0 N–H and O–H groups in total. The van der Waals surface area contributed by atoms with Crippen LogP contribution >= 0.6 is 0 Å². The second-order valence-corrected chi connectivity index (χ2v) is 8.40. The van der Waals surface area contributed by atoms with Gasteiger partial charge in [-0.3, -0.25) is 14.7 Å². The molecule has 2 aliphatic heterocycles. The van der Waals surface area contributed by atoms with Gasteiger partial charge in [0.2, 0.25) is 0 Å². The number of nitrogens with zero attached hydrogens (tertiary/aromatic N) is 2. The molecule has 0 saturated carbocycles. The molecule has 6 heteroatoms. The van der Waals surface area contributed by atoms with Crippen LogP contribution < -0.4 is 0 Å². The number of aryl methyl sites for hydroxylation is 2. The average Bonchev–Trinajstić information content (AvgIpc) is 2.50. The van der Waals surface area contributed by atoms with Crippen molar-refractivity contribution < 1.29 is 19.1 Å². The number of aromatic nitrogens is 1. The molecule has 2 saturated heterocycles. The Labute approximate surface area is 154 Å². The van der Waals surface area contributed by atoms with Crippen LogP contribution in [0.5, 0.6) is 0 Å². The maximum absolute atomic E-state index is 13.0. The van der Waals surface area contributed by atoms with Gasteiger partial charge in [0, 0.05) is 22.9 Å². The van der Waals surface area contributed by atoms with E-state index < -0.39 is 5.60 Å². The third-order valence-corrected chi connectivity index (χ3v) is 4.86. The summed E-state index contributed by atoms with van der Waals surface area (Å²) in [6.45, 7) is 10.3. The highest BCUT2D eigenvalue weighted by atomic mass is 16.6. The van der Waals surface area contributed by atoms with Crippen LogP contribution in [0.4, 0.5) is 4.79 Å². The zero-order chi connectivity index (χ0) is 19.1. The minimum absolute atomic E-state index is 0.103. The molecule has 0 spiro atoms. The number of ether oxygens (including phenoxy) is 2. The molecule has 1 amide bonds. The van der Waals surface area contributed by atoms with Crippen molar-refractivity contribution in [2.45, 2.75) is 65.1 Å². The summed E-state index contributed by atoms with van der Waals surface area (Å²) in [4.78, 5) is 31.8. The fourth-order valence-corrected chi connectivity index (χ4v) is 3.95. The number of ketones is 1. The fourth-order valence-electron chi connectivity index (χ4n) is 3.95. The quantitative estimate of drug-likeness (QED) is 0.757. The summed E-state index contributed by atoms with van der Waals surface area (Å²) < 4.78 is 11.2. The lowest BCUT2D eigenvalue weighted by molar-refractivity contribution is -0.0861. The number of hydrogen-bond acceptors (Lipinski definition) is 5. The van der Waals surface area contributed by atoms with Gasteiger partial charge in [-0.2, -0.15) is 0 Å². The zero-order valence-electron chi connectivity index (χ0n) is 16.2. The van der Waals surface area contributed by atoms with Crippen LogP contribution in [0.1, 0.15) is 55.4 Å².